The lowest BCUT2D eigenvalue weighted by atomic mass is 10.1. The van der Waals surface area contributed by atoms with Crippen molar-refractivity contribution in [3.05, 3.63) is 77.6 Å². The van der Waals surface area contributed by atoms with Crippen molar-refractivity contribution in [2.75, 3.05) is 13.1 Å². The van der Waals surface area contributed by atoms with Gasteiger partial charge in [-0.2, -0.15) is 13.2 Å². The van der Waals surface area contributed by atoms with Crippen LogP contribution in [0.5, 0.6) is 0 Å². The Morgan fingerprint density at radius 1 is 1.10 bits per heavy atom. The van der Waals surface area contributed by atoms with Crippen LogP contribution in [0.4, 0.5) is 13.2 Å². The highest BCUT2D eigenvalue weighted by molar-refractivity contribution is 5.92. The number of rotatable bonds is 5. The van der Waals surface area contributed by atoms with Gasteiger partial charge in [-0.25, -0.2) is 4.68 Å². The first kappa shape index (κ1) is 20.1. The average molecular weight is 415 g/mol. The van der Waals surface area contributed by atoms with Gasteiger partial charge in [0.25, 0.3) is 5.91 Å². The summed E-state index contributed by atoms with van der Waals surface area (Å²) >= 11 is 0. The molecule has 6 nitrogen and oxygen atoms in total. The second-order valence-corrected chi connectivity index (χ2v) is 7.24. The molecular weight excluding hydrogens is 395 g/mol. The number of hydrogen-bond donors (Lipinski definition) is 1. The second-order valence-electron chi connectivity index (χ2n) is 7.24. The van der Waals surface area contributed by atoms with E-state index in [1.165, 1.54) is 30.0 Å². The average Bonchev–Trinajstić information content (AvgIpc) is 3.38. The minimum Gasteiger partial charge on any atom is -0.347 e. The summed E-state index contributed by atoms with van der Waals surface area (Å²) in [6.45, 7) is 2.36. The van der Waals surface area contributed by atoms with E-state index in [2.05, 4.69) is 32.7 Å². The molecule has 1 N–H and O–H groups in total. The smallest absolute Gasteiger partial charge is 0.347 e. The van der Waals surface area contributed by atoms with E-state index in [1.807, 2.05) is 18.2 Å². The van der Waals surface area contributed by atoms with Gasteiger partial charge in [0.05, 0.1) is 17.4 Å². The lowest BCUT2D eigenvalue weighted by Crippen LogP contribution is -2.37. The number of para-hydroxylation sites is 1. The monoisotopic (exact) mass is 415 g/mol. The number of halogens is 3. The van der Waals surface area contributed by atoms with Gasteiger partial charge < -0.3 is 5.32 Å². The number of carbonyl (C=O) groups is 1. The molecule has 9 heteroatoms. The number of alkyl halides is 3. The van der Waals surface area contributed by atoms with E-state index in [0.717, 1.165) is 30.3 Å². The molecule has 0 radical (unpaired) electrons. The second kappa shape index (κ2) is 8.27. The number of nitrogens with one attached hydrogen (secondary N) is 1. The summed E-state index contributed by atoms with van der Waals surface area (Å²) in [5, 5.41) is 10.4. The van der Waals surface area contributed by atoms with Crippen molar-refractivity contribution in [2.24, 2.45) is 0 Å². The van der Waals surface area contributed by atoms with Crippen LogP contribution in [-0.4, -0.2) is 44.9 Å². The maximum atomic E-state index is 13.2. The first-order valence-corrected chi connectivity index (χ1v) is 9.56. The van der Waals surface area contributed by atoms with Crippen LogP contribution in [-0.2, 0) is 12.7 Å². The van der Waals surface area contributed by atoms with Crippen molar-refractivity contribution in [3.63, 3.8) is 0 Å². The Hall–Kier alpha value is -3.20. The summed E-state index contributed by atoms with van der Waals surface area (Å²) in [5.74, 6) is -0.447. The first-order chi connectivity index (χ1) is 14.4. The molecule has 2 aromatic carbocycles. The Bertz CT molecular complexity index is 1020. The summed E-state index contributed by atoms with van der Waals surface area (Å²) in [5.41, 5.74) is 0.171. The molecule has 156 valence electrons. The van der Waals surface area contributed by atoms with Crippen LogP contribution in [0.1, 0.15) is 28.0 Å². The van der Waals surface area contributed by atoms with Gasteiger partial charge in [-0.05, 0) is 24.1 Å². The molecule has 0 spiro atoms. The van der Waals surface area contributed by atoms with Crippen LogP contribution in [0.25, 0.3) is 5.69 Å². The molecule has 4 rings (SSSR count). The van der Waals surface area contributed by atoms with Crippen molar-refractivity contribution in [1.82, 2.24) is 25.2 Å². The van der Waals surface area contributed by atoms with Gasteiger partial charge >= 0.3 is 6.18 Å². The number of nitrogens with zero attached hydrogens (tertiary/aromatic N) is 4. The van der Waals surface area contributed by atoms with Crippen LogP contribution >= 0.6 is 0 Å². The maximum absolute atomic E-state index is 13.2. The molecule has 1 fully saturated rings. The highest BCUT2D eigenvalue weighted by Crippen LogP contribution is 2.33. The highest BCUT2D eigenvalue weighted by Gasteiger charge is 2.34. The standard InChI is InChI=1S/C21H20F3N5O/c22-21(23,24)17-8-4-5-9-19(17)29-14-18(26-27-29)20(30)25-16-10-11-28(13-16)12-15-6-2-1-3-7-15/h1-9,14,16H,10-13H2,(H,25,30)/t16-/m0/s1. The Balaban J connectivity index is 1.40. The van der Waals surface area contributed by atoms with Gasteiger partial charge in [0.1, 0.15) is 0 Å². The lowest BCUT2D eigenvalue weighted by Gasteiger charge is -2.16. The fourth-order valence-electron chi connectivity index (χ4n) is 3.59. The normalized spacial score (nSPS) is 17.2. The fourth-order valence-corrected chi connectivity index (χ4v) is 3.59. The molecule has 1 aliphatic rings. The molecule has 3 aromatic rings. The Labute approximate surface area is 171 Å². The molecule has 1 aliphatic heterocycles. The van der Waals surface area contributed by atoms with Crippen LogP contribution in [0, 0.1) is 0 Å². The van der Waals surface area contributed by atoms with Gasteiger partial charge in [-0.3, -0.25) is 9.69 Å². The minimum atomic E-state index is -4.53. The first-order valence-electron chi connectivity index (χ1n) is 9.56. The van der Waals surface area contributed by atoms with E-state index in [1.54, 1.807) is 0 Å². The molecule has 0 saturated carbocycles. The molecule has 30 heavy (non-hydrogen) atoms. The number of hydrogen-bond acceptors (Lipinski definition) is 4. The minimum absolute atomic E-state index is 0.0199. The molecule has 2 heterocycles. The van der Waals surface area contributed by atoms with E-state index >= 15 is 0 Å². The van der Waals surface area contributed by atoms with Crippen molar-refractivity contribution < 1.29 is 18.0 Å². The van der Waals surface area contributed by atoms with E-state index in [9.17, 15) is 18.0 Å². The predicted molar refractivity (Wildman–Crippen MR) is 104 cm³/mol. The number of likely N-dealkylation sites (tertiary alicyclic amines) is 1. The molecular formula is C21H20F3N5O. The molecule has 1 amide bonds. The largest absolute Gasteiger partial charge is 0.418 e. The zero-order valence-electron chi connectivity index (χ0n) is 16.0. The van der Waals surface area contributed by atoms with Crippen LogP contribution in [0.3, 0.4) is 0 Å². The van der Waals surface area contributed by atoms with Gasteiger partial charge in [0, 0.05) is 25.7 Å². The third-order valence-corrected chi connectivity index (χ3v) is 5.04. The number of amides is 1. The summed E-state index contributed by atoms with van der Waals surface area (Å²) in [6.07, 6.45) is -2.52. The summed E-state index contributed by atoms with van der Waals surface area (Å²) in [4.78, 5) is 14.8. The molecule has 1 aromatic heterocycles. The summed E-state index contributed by atoms with van der Waals surface area (Å²) < 4.78 is 40.6. The molecule has 0 unspecified atom stereocenters. The van der Waals surface area contributed by atoms with E-state index in [4.69, 9.17) is 0 Å². The van der Waals surface area contributed by atoms with Gasteiger partial charge in [-0.1, -0.05) is 47.7 Å². The topological polar surface area (TPSA) is 63.1 Å². The Kier molecular flexibility index (Phi) is 5.54. The molecule has 0 aliphatic carbocycles. The van der Waals surface area contributed by atoms with Crippen LogP contribution in [0.15, 0.2) is 60.8 Å². The number of aromatic nitrogens is 3. The van der Waals surface area contributed by atoms with Gasteiger partial charge in [-0.15, -0.1) is 5.10 Å². The van der Waals surface area contributed by atoms with Crippen molar-refractivity contribution >= 4 is 5.91 Å². The van der Waals surface area contributed by atoms with Crippen molar-refractivity contribution in [3.8, 4) is 5.69 Å². The van der Waals surface area contributed by atoms with E-state index in [0.29, 0.717) is 6.54 Å². The van der Waals surface area contributed by atoms with Gasteiger partial charge in [0.2, 0.25) is 0 Å². The summed E-state index contributed by atoms with van der Waals surface area (Å²) in [6, 6.07) is 15.1. The Morgan fingerprint density at radius 2 is 1.83 bits per heavy atom. The zero-order valence-corrected chi connectivity index (χ0v) is 16.0. The van der Waals surface area contributed by atoms with Crippen molar-refractivity contribution in [1.29, 1.82) is 0 Å². The number of carbonyl (C=O) groups excluding carboxylic acids is 1. The quantitative estimate of drug-likeness (QED) is 0.695. The summed E-state index contributed by atoms with van der Waals surface area (Å²) in [7, 11) is 0. The predicted octanol–water partition coefficient (Wildman–Crippen LogP) is 3.29. The Morgan fingerprint density at radius 3 is 2.60 bits per heavy atom. The van der Waals surface area contributed by atoms with Crippen LogP contribution < -0.4 is 5.32 Å². The maximum Gasteiger partial charge on any atom is 0.418 e. The van der Waals surface area contributed by atoms with Gasteiger partial charge in [0.15, 0.2) is 5.69 Å². The van der Waals surface area contributed by atoms with Crippen LogP contribution in [0.2, 0.25) is 0 Å². The highest BCUT2D eigenvalue weighted by atomic mass is 19.4. The third kappa shape index (κ3) is 4.51. The lowest BCUT2D eigenvalue weighted by molar-refractivity contribution is -0.137. The van der Waals surface area contributed by atoms with E-state index < -0.39 is 17.6 Å². The molecule has 1 atom stereocenters. The molecule has 1 saturated heterocycles. The fraction of sp³-hybridized carbons (Fsp3) is 0.286. The SMILES string of the molecule is O=C(N[C@H]1CCN(Cc2ccccc2)C1)c1cn(-c2ccccc2C(F)(F)F)nn1. The van der Waals surface area contributed by atoms with E-state index in [-0.39, 0.29) is 17.4 Å². The third-order valence-electron chi connectivity index (χ3n) is 5.04. The molecule has 0 bridgehead atoms. The van der Waals surface area contributed by atoms with Crippen molar-refractivity contribution in [2.45, 2.75) is 25.2 Å². The zero-order chi connectivity index (χ0) is 21.1. The number of benzene rings is 2.